The highest BCUT2D eigenvalue weighted by molar-refractivity contribution is 7.09. The number of benzene rings is 1. The third-order valence-electron chi connectivity index (χ3n) is 3.63. The lowest BCUT2D eigenvalue weighted by Crippen LogP contribution is -2.31. The smallest absolute Gasteiger partial charge is 0.294 e. The molecule has 9 heteroatoms. The van der Waals surface area contributed by atoms with E-state index in [1.54, 1.807) is 13.0 Å². The van der Waals surface area contributed by atoms with Crippen molar-refractivity contribution in [1.82, 2.24) is 15.1 Å². The lowest BCUT2D eigenvalue weighted by Gasteiger charge is -2.11. The minimum Gasteiger partial charge on any atom is -0.346 e. The Labute approximate surface area is 151 Å². The lowest BCUT2D eigenvalue weighted by atomic mass is 10.2. The molecule has 1 aromatic carbocycles. The number of amides is 1. The van der Waals surface area contributed by atoms with Crippen LogP contribution in [0, 0.1) is 17.0 Å². The molecule has 0 unspecified atom stereocenters. The van der Waals surface area contributed by atoms with Gasteiger partial charge in [0.2, 0.25) is 5.43 Å². The molecule has 0 atom stereocenters. The van der Waals surface area contributed by atoms with Crippen LogP contribution in [-0.2, 0) is 6.54 Å². The van der Waals surface area contributed by atoms with Crippen LogP contribution in [-0.4, -0.2) is 20.6 Å². The van der Waals surface area contributed by atoms with Crippen LogP contribution in [0.15, 0.2) is 52.6 Å². The van der Waals surface area contributed by atoms with Crippen LogP contribution in [0.1, 0.15) is 21.1 Å². The minimum atomic E-state index is -0.629. The van der Waals surface area contributed by atoms with Gasteiger partial charge in [0.25, 0.3) is 11.6 Å². The van der Waals surface area contributed by atoms with Crippen molar-refractivity contribution in [1.29, 1.82) is 0 Å². The SMILES string of the molecule is Cc1cc(=O)c(C(=O)NCc2cccs2)nn1-c1ccccc1[N+](=O)[O-]. The molecule has 2 aromatic heterocycles. The molecule has 8 nitrogen and oxygen atoms in total. The van der Waals surface area contributed by atoms with Gasteiger partial charge in [-0.1, -0.05) is 18.2 Å². The molecule has 0 bridgehead atoms. The van der Waals surface area contributed by atoms with Gasteiger partial charge >= 0.3 is 0 Å². The number of hydrogen-bond acceptors (Lipinski definition) is 6. The molecule has 1 N–H and O–H groups in total. The van der Waals surface area contributed by atoms with Crippen LogP contribution < -0.4 is 10.7 Å². The molecule has 0 spiro atoms. The van der Waals surface area contributed by atoms with Crippen LogP contribution in [0.5, 0.6) is 0 Å². The van der Waals surface area contributed by atoms with Gasteiger partial charge in [-0.05, 0) is 24.4 Å². The first-order valence-electron chi connectivity index (χ1n) is 7.62. The molecule has 1 amide bonds. The largest absolute Gasteiger partial charge is 0.346 e. The predicted molar refractivity (Wildman–Crippen MR) is 96.7 cm³/mol. The number of aryl methyl sites for hydroxylation is 1. The minimum absolute atomic E-state index is 0.170. The molecule has 3 aromatic rings. The molecule has 0 saturated carbocycles. The van der Waals surface area contributed by atoms with Crippen molar-refractivity contribution in [2.45, 2.75) is 13.5 Å². The maximum Gasteiger partial charge on any atom is 0.294 e. The summed E-state index contributed by atoms with van der Waals surface area (Å²) in [5.74, 6) is -0.629. The fourth-order valence-corrected chi connectivity index (χ4v) is 3.06. The Morgan fingerprint density at radius 2 is 2.08 bits per heavy atom. The number of carbonyl (C=O) groups is 1. The van der Waals surface area contributed by atoms with Gasteiger partial charge in [0.1, 0.15) is 5.69 Å². The van der Waals surface area contributed by atoms with E-state index in [0.717, 1.165) is 4.88 Å². The van der Waals surface area contributed by atoms with Crippen LogP contribution in [0.25, 0.3) is 5.69 Å². The summed E-state index contributed by atoms with van der Waals surface area (Å²) in [7, 11) is 0. The summed E-state index contributed by atoms with van der Waals surface area (Å²) in [6.07, 6.45) is 0. The zero-order valence-electron chi connectivity index (χ0n) is 13.7. The summed E-state index contributed by atoms with van der Waals surface area (Å²) in [5.41, 5.74) is -0.454. The predicted octanol–water partition coefficient (Wildman–Crippen LogP) is 2.44. The van der Waals surface area contributed by atoms with Crippen LogP contribution >= 0.6 is 11.3 Å². The van der Waals surface area contributed by atoms with E-state index in [9.17, 15) is 19.7 Å². The first kappa shape index (κ1) is 17.5. The normalized spacial score (nSPS) is 10.5. The summed E-state index contributed by atoms with van der Waals surface area (Å²) < 4.78 is 1.24. The first-order chi connectivity index (χ1) is 12.5. The fraction of sp³-hybridized carbons (Fsp3) is 0.118. The Hall–Kier alpha value is -3.33. The quantitative estimate of drug-likeness (QED) is 0.548. The maximum atomic E-state index is 12.4. The number of hydrogen-bond donors (Lipinski definition) is 1. The maximum absolute atomic E-state index is 12.4. The second-order valence-corrected chi connectivity index (χ2v) is 6.45. The highest BCUT2D eigenvalue weighted by Crippen LogP contribution is 2.22. The molecule has 132 valence electrons. The first-order valence-corrected chi connectivity index (χ1v) is 8.50. The Morgan fingerprint density at radius 3 is 2.77 bits per heavy atom. The number of para-hydroxylation sites is 2. The van der Waals surface area contributed by atoms with Gasteiger partial charge in [0.05, 0.1) is 11.5 Å². The van der Waals surface area contributed by atoms with Crippen LogP contribution in [0.3, 0.4) is 0 Å². The zero-order valence-corrected chi connectivity index (χ0v) is 14.5. The summed E-state index contributed by atoms with van der Waals surface area (Å²) in [5, 5.41) is 19.8. The fourth-order valence-electron chi connectivity index (χ4n) is 2.41. The summed E-state index contributed by atoms with van der Waals surface area (Å²) >= 11 is 1.48. The van der Waals surface area contributed by atoms with E-state index in [4.69, 9.17) is 0 Å². The molecule has 0 aliphatic rings. The molecule has 2 heterocycles. The molecule has 3 rings (SSSR count). The zero-order chi connectivity index (χ0) is 18.7. The molecule has 0 radical (unpaired) electrons. The van der Waals surface area contributed by atoms with Crippen LogP contribution in [0.2, 0.25) is 0 Å². The van der Waals surface area contributed by atoms with E-state index in [2.05, 4.69) is 10.4 Å². The van der Waals surface area contributed by atoms with Gasteiger partial charge in [-0.2, -0.15) is 5.10 Å². The lowest BCUT2D eigenvalue weighted by molar-refractivity contribution is -0.384. The average molecular weight is 370 g/mol. The van der Waals surface area contributed by atoms with Crippen molar-refractivity contribution < 1.29 is 9.72 Å². The Bertz CT molecular complexity index is 1030. The number of thiophene rings is 1. The Balaban J connectivity index is 1.99. The average Bonchev–Trinajstić information content (AvgIpc) is 3.13. The molecule has 26 heavy (non-hydrogen) atoms. The van der Waals surface area contributed by atoms with Gasteiger partial charge in [-0.3, -0.25) is 19.7 Å². The number of rotatable bonds is 5. The van der Waals surface area contributed by atoms with Crippen molar-refractivity contribution in [3.8, 4) is 5.69 Å². The van der Waals surface area contributed by atoms with Crippen molar-refractivity contribution in [2.24, 2.45) is 0 Å². The molecule has 0 aliphatic heterocycles. The number of aromatic nitrogens is 2. The Morgan fingerprint density at radius 1 is 1.31 bits per heavy atom. The molecule has 0 aliphatic carbocycles. The van der Waals surface area contributed by atoms with Gasteiger partial charge < -0.3 is 5.32 Å². The van der Waals surface area contributed by atoms with E-state index in [1.165, 1.54) is 40.3 Å². The Kier molecular flexibility index (Phi) is 4.90. The summed E-state index contributed by atoms with van der Waals surface area (Å²) in [6.45, 7) is 1.87. The molecule has 0 saturated heterocycles. The monoisotopic (exact) mass is 370 g/mol. The highest BCUT2D eigenvalue weighted by atomic mass is 32.1. The summed E-state index contributed by atoms with van der Waals surface area (Å²) in [4.78, 5) is 36.2. The number of nitrogens with zero attached hydrogens (tertiary/aromatic N) is 3. The van der Waals surface area contributed by atoms with Gasteiger partial charge in [0.15, 0.2) is 5.69 Å². The van der Waals surface area contributed by atoms with Gasteiger partial charge in [0, 0.05) is 22.7 Å². The highest BCUT2D eigenvalue weighted by Gasteiger charge is 2.20. The summed E-state index contributed by atoms with van der Waals surface area (Å²) in [6, 6.07) is 11.0. The molecular weight excluding hydrogens is 356 g/mol. The van der Waals surface area contributed by atoms with E-state index < -0.39 is 16.3 Å². The topological polar surface area (TPSA) is 107 Å². The van der Waals surface area contributed by atoms with Gasteiger partial charge in [-0.25, -0.2) is 4.68 Å². The van der Waals surface area contributed by atoms with Crippen molar-refractivity contribution in [2.75, 3.05) is 0 Å². The second-order valence-electron chi connectivity index (χ2n) is 5.42. The van der Waals surface area contributed by atoms with E-state index in [0.29, 0.717) is 5.69 Å². The second kappa shape index (κ2) is 7.28. The number of nitro groups is 1. The number of nitro benzene ring substituents is 1. The third-order valence-corrected chi connectivity index (χ3v) is 4.51. The van der Waals surface area contributed by atoms with E-state index in [1.807, 2.05) is 17.5 Å². The van der Waals surface area contributed by atoms with Gasteiger partial charge in [-0.15, -0.1) is 11.3 Å². The number of carbonyl (C=O) groups excluding carboxylic acids is 1. The number of nitrogens with one attached hydrogen (secondary N) is 1. The van der Waals surface area contributed by atoms with Crippen LogP contribution in [0.4, 0.5) is 5.69 Å². The standard InChI is InChI=1S/C17H14N4O4S/c1-11-9-15(22)16(17(23)18-10-12-5-4-8-26-12)19-20(11)13-6-2-3-7-14(13)21(24)25/h2-9H,10H2,1H3,(H,18,23). The molecule has 0 fully saturated rings. The molecular formula is C17H14N4O4S. The van der Waals surface area contributed by atoms with Crippen molar-refractivity contribution >= 4 is 22.9 Å². The van der Waals surface area contributed by atoms with Crippen molar-refractivity contribution in [3.05, 3.63) is 84.4 Å². The third kappa shape index (κ3) is 3.52. The van der Waals surface area contributed by atoms with E-state index in [-0.39, 0.29) is 23.6 Å². The van der Waals surface area contributed by atoms with E-state index >= 15 is 0 Å². The van der Waals surface area contributed by atoms with Crippen molar-refractivity contribution in [3.63, 3.8) is 0 Å².